The Morgan fingerprint density at radius 2 is 2.25 bits per heavy atom. The summed E-state index contributed by atoms with van der Waals surface area (Å²) in [6.07, 6.45) is 2.77. The van der Waals surface area contributed by atoms with Gasteiger partial charge >= 0.3 is 0 Å². The first kappa shape index (κ1) is 13.2. The molecule has 20 heavy (non-hydrogen) atoms. The molecule has 1 aliphatic rings. The van der Waals surface area contributed by atoms with Crippen molar-refractivity contribution in [1.29, 1.82) is 0 Å². The van der Waals surface area contributed by atoms with E-state index in [-0.39, 0.29) is 6.04 Å². The summed E-state index contributed by atoms with van der Waals surface area (Å²) in [7, 11) is 0. The second kappa shape index (κ2) is 5.70. The smallest absolute Gasteiger partial charge is 0.0894 e. The molecule has 3 rings (SSSR count). The van der Waals surface area contributed by atoms with E-state index in [2.05, 4.69) is 40.9 Å². The molecule has 1 aromatic carbocycles. The fourth-order valence-corrected chi connectivity index (χ4v) is 2.60. The molecule has 3 N–H and O–H groups in total. The number of aryl methyl sites for hydroxylation is 1. The highest BCUT2D eigenvalue weighted by Crippen LogP contribution is 2.26. The maximum absolute atomic E-state index is 5.76. The molecule has 0 aliphatic carbocycles. The van der Waals surface area contributed by atoms with Crippen LogP contribution in [-0.4, -0.2) is 15.0 Å². The summed E-state index contributed by atoms with van der Waals surface area (Å²) in [4.78, 5) is 0. The van der Waals surface area contributed by atoms with Gasteiger partial charge in [0.05, 0.1) is 31.1 Å². The van der Waals surface area contributed by atoms with E-state index >= 15 is 0 Å². The summed E-state index contributed by atoms with van der Waals surface area (Å²) in [5, 5.41) is 8.12. The molecule has 1 aliphatic heterocycles. The molecule has 0 fully saturated rings. The van der Waals surface area contributed by atoms with Gasteiger partial charge in [0.1, 0.15) is 0 Å². The van der Waals surface area contributed by atoms with Crippen molar-refractivity contribution in [1.82, 2.24) is 20.4 Å². The lowest BCUT2D eigenvalue weighted by atomic mass is 9.99. The molecule has 2 aromatic rings. The molecule has 1 unspecified atom stereocenters. The van der Waals surface area contributed by atoms with Gasteiger partial charge < -0.3 is 4.74 Å². The molecule has 0 saturated heterocycles. The Bertz CT molecular complexity index is 595. The van der Waals surface area contributed by atoms with Crippen LogP contribution in [0.2, 0.25) is 0 Å². The van der Waals surface area contributed by atoms with Crippen LogP contribution in [0.5, 0.6) is 0 Å². The number of nitrogens with one attached hydrogen (secondary N) is 1. The number of hydrogen-bond acceptors (Lipinski definition) is 5. The number of benzene rings is 1. The van der Waals surface area contributed by atoms with Crippen molar-refractivity contribution in [3.63, 3.8) is 0 Å². The Morgan fingerprint density at radius 1 is 1.40 bits per heavy atom. The van der Waals surface area contributed by atoms with Gasteiger partial charge in [0.25, 0.3) is 0 Å². The Morgan fingerprint density at radius 3 is 3.05 bits per heavy atom. The van der Waals surface area contributed by atoms with Gasteiger partial charge in [-0.05, 0) is 23.1 Å². The zero-order chi connectivity index (χ0) is 13.9. The first-order chi connectivity index (χ1) is 9.83. The van der Waals surface area contributed by atoms with Crippen molar-refractivity contribution in [2.24, 2.45) is 5.84 Å². The average Bonchev–Trinajstić information content (AvgIpc) is 3.09. The molecule has 6 heteroatoms. The fourth-order valence-electron chi connectivity index (χ4n) is 2.60. The van der Waals surface area contributed by atoms with Crippen LogP contribution < -0.4 is 11.3 Å². The van der Waals surface area contributed by atoms with Crippen LogP contribution in [0.15, 0.2) is 24.4 Å². The highest BCUT2D eigenvalue weighted by atomic mass is 16.5. The van der Waals surface area contributed by atoms with Crippen LogP contribution in [0.1, 0.15) is 41.8 Å². The van der Waals surface area contributed by atoms with Crippen LogP contribution >= 0.6 is 0 Å². The third kappa shape index (κ3) is 2.33. The lowest BCUT2D eigenvalue weighted by molar-refractivity contribution is 0.134. The van der Waals surface area contributed by atoms with Crippen molar-refractivity contribution in [3.8, 4) is 0 Å². The topological polar surface area (TPSA) is 78.0 Å². The number of hydrogen-bond donors (Lipinski definition) is 2. The third-order valence-corrected chi connectivity index (χ3v) is 3.62. The number of nitrogens with two attached hydrogens (primary N) is 1. The van der Waals surface area contributed by atoms with E-state index in [4.69, 9.17) is 10.6 Å². The lowest BCUT2D eigenvalue weighted by Crippen LogP contribution is -2.30. The molecular weight excluding hydrogens is 254 g/mol. The standard InChI is InChI=1S/C14H19N5O/c1-2-5-19-13(7-16-18-19)14(17-15)10-3-4-11-8-20-9-12(11)6-10/h3-4,6-7,14,17H,2,5,8-9,15H2,1H3. The Kier molecular flexibility index (Phi) is 3.77. The van der Waals surface area contributed by atoms with Crippen molar-refractivity contribution >= 4 is 0 Å². The van der Waals surface area contributed by atoms with Gasteiger partial charge in [-0.3, -0.25) is 5.84 Å². The summed E-state index contributed by atoms with van der Waals surface area (Å²) >= 11 is 0. The van der Waals surface area contributed by atoms with Crippen molar-refractivity contribution < 1.29 is 4.74 Å². The molecule has 0 amide bonds. The molecule has 0 bridgehead atoms. The quantitative estimate of drug-likeness (QED) is 0.633. The minimum atomic E-state index is -0.109. The average molecular weight is 273 g/mol. The fraction of sp³-hybridized carbons (Fsp3) is 0.429. The molecule has 2 heterocycles. The Balaban J connectivity index is 1.95. The van der Waals surface area contributed by atoms with Gasteiger partial charge in [0.2, 0.25) is 0 Å². The van der Waals surface area contributed by atoms with Gasteiger partial charge in [-0.15, -0.1) is 5.10 Å². The van der Waals surface area contributed by atoms with Gasteiger partial charge in [-0.2, -0.15) is 0 Å². The van der Waals surface area contributed by atoms with Crippen LogP contribution in [0, 0.1) is 0 Å². The zero-order valence-corrected chi connectivity index (χ0v) is 11.5. The van der Waals surface area contributed by atoms with Crippen LogP contribution in [0.3, 0.4) is 0 Å². The Hall–Kier alpha value is -1.76. The molecule has 0 spiro atoms. The van der Waals surface area contributed by atoms with E-state index in [1.807, 2.05) is 4.68 Å². The number of rotatable bonds is 5. The van der Waals surface area contributed by atoms with E-state index < -0.39 is 0 Å². The molecule has 1 aromatic heterocycles. The van der Waals surface area contributed by atoms with Gasteiger partial charge in [-0.25, -0.2) is 10.1 Å². The number of fused-ring (bicyclic) bond motifs is 1. The normalized spacial score (nSPS) is 15.3. The highest BCUT2D eigenvalue weighted by molar-refractivity contribution is 5.37. The van der Waals surface area contributed by atoms with E-state index in [1.165, 1.54) is 11.1 Å². The lowest BCUT2D eigenvalue weighted by Gasteiger charge is -2.18. The van der Waals surface area contributed by atoms with E-state index in [0.29, 0.717) is 13.2 Å². The van der Waals surface area contributed by atoms with Crippen molar-refractivity contribution in [2.75, 3.05) is 0 Å². The van der Waals surface area contributed by atoms with Gasteiger partial charge in [-0.1, -0.05) is 30.3 Å². The number of aromatic nitrogens is 3. The highest BCUT2D eigenvalue weighted by Gasteiger charge is 2.20. The van der Waals surface area contributed by atoms with E-state index in [0.717, 1.165) is 24.2 Å². The second-order valence-electron chi connectivity index (χ2n) is 5.00. The SMILES string of the molecule is CCCn1nncc1C(NN)c1ccc2c(c1)COC2. The summed E-state index contributed by atoms with van der Waals surface area (Å²) in [6.45, 7) is 4.32. The summed E-state index contributed by atoms with van der Waals surface area (Å²) in [5.74, 6) is 5.76. The summed E-state index contributed by atoms with van der Waals surface area (Å²) in [6, 6.07) is 6.23. The van der Waals surface area contributed by atoms with Crippen LogP contribution in [0.4, 0.5) is 0 Å². The second-order valence-corrected chi connectivity index (χ2v) is 5.00. The van der Waals surface area contributed by atoms with E-state index in [1.54, 1.807) is 6.20 Å². The summed E-state index contributed by atoms with van der Waals surface area (Å²) in [5.41, 5.74) is 7.44. The minimum absolute atomic E-state index is 0.109. The number of nitrogens with zero attached hydrogens (tertiary/aromatic N) is 3. The molecule has 0 radical (unpaired) electrons. The van der Waals surface area contributed by atoms with E-state index in [9.17, 15) is 0 Å². The monoisotopic (exact) mass is 273 g/mol. The molecular formula is C14H19N5O. The maximum Gasteiger partial charge on any atom is 0.0894 e. The molecule has 1 atom stereocenters. The van der Waals surface area contributed by atoms with Crippen LogP contribution in [0.25, 0.3) is 0 Å². The maximum atomic E-state index is 5.76. The largest absolute Gasteiger partial charge is 0.372 e. The summed E-state index contributed by atoms with van der Waals surface area (Å²) < 4.78 is 7.35. The third-order valence-electron chi connectivity index (χ3n) is 3.62. The zero-order valence-electron chi connectivity index (χ0n) is 11.5. The first-order valence-electron chi connectivity index (χ1n) is 6.87. The molecule has 0 saturated carbocycles. The van der Waals surface area contributed by atoms with Gasteiger partial charge in [0.15, 0.2) is 0 Å². The van der Waals surface area contributed by atoms with Crippen molar-refractivity contribution in [3.05, 3.63) is 46.8 Å². The minimum Gasteiger partial charge on any atom is -0.372 e. The molecule has 6 nitrogen and oxygen atoms in total. The predicted octanol–water partition coefficient (Wildman–Crippen LogP) is 1.27. The predicted molar refractivity (Wildman–Crippen MR) is 74.4 cm³/mol. The Labute approximate surface area is 117 Å². The number of hydrazine groups is 1. The van der Waals surface area contributed by atoms with Gasteiger partial charge in [0, 0.05) is 6.54 Å². The molecule has 106 valence electrons. The van der Waals surface area contributed by atoms with Crippen LogP contribution in [-0.2, 0) is 24.5 Å². The number of ether oxygens (including phenoxy) is 1. The van der Waals surface area contributed by atoms with Crippen molar-refractivity contribution in [2.45, 2.75) is 39.1 Å². The first-order valence-corrected chi connectivity index (χ1v) is 6.87.